The molecule has 0 bridgehead atoms. The summed E-state index contributed by atoms with van der Waals surface area (Å²) in [6.45, 7) is 0. The highest BCUT2D eigenvalue weighted by atomic mass is 35.5. The van der Waals surface area contributed by atoms with Gasteiger partial charge in [0.25, 0.3) is 0 Å². The highest BCUT2D eigenvalue weighted by Gasteiger charge is 2.14. The minimum absolute atomic E-state index is 0.394. The van der Waals surface area contributed by atoms with Gasteiger partial charge >= 0.3 is 5.97 Å². The fourth-order valence-corrected chi connectivity index (χ4v) is 2.23. The molecule has 0 saturated carbocycles. The summed E-state index contributed by atoms with van der Waals surface area (Å²) in [5.41, 5.74) is 0.607. The van der Waals surface area contributed by atoms with Crippen molar-refractivity contribution >= 4 is 28.5 Å². The van der Waals surface area contributed by atoms with Crippen molar-refractivity contribution in [2.24, 2.45) is 0 Å². The van der Waals surface area contributed by atoms with Crippen molar-refractivity contribution in [1.82, 2.24) is 0 Å². The third-order valence-corrected chi connectivity index (χ3v) is 3.27. The Bertz CT molecular complexity index is 823. The van der Waals surface area contributed by atoms with Crippen LogP contribution in [-0.4, -0.2) is 11.1 Å². The number of carboxylic acid groups (broad SMARTS) is 1. The first-order valence-electron chi connectivity index (χ1n) is 5.77. The number of fused-ring (bicyclic) bond motifs is 1. The summed E-state index contributed by atoms with van der Waals surface area (Å²) in [5, 5.41) is 10.2. The lowest BCUT2D eigenvalue weighted by molar-refractivity contribution is 0.0692. The lowest BCUT2D eigenvalue weighted by Gasteiger charge is -2.00. The van der Waals surface area contributed by atoms with E-state index in [9.17, 15) is 9.18 Å². The number of aromatic carboxylic acids is 1. The van der Waals surface area contributed by atoms with E-state index in [1.807, 2.05) is 6.07 Å². The number of hydrogen-bond donors (Lipinski definition) is 1. The molecule has 0 aliphatic heterocycles. The van der Waals surface area contributed by atoms with E-state index in [-0.39, 0.29) is 0 Å². The first-order chi connectivity index (χ1) is 9.56. The molecule has 0 spiro atoms. The lowest BCUT2D eigenvalue weighted by atomic mass is 10.1. The molecule has 2 aromatic carbocycles. The molecule has 3 nitrogen and oxygen atoms in total. The topological polar surface area (TPSA) is 50.4 Å². The molecule has 0 amide bonds. The zero-order chi connectivity index (χ0) is 14.3. The zero-order valence-electron chi connectivity index (χ0n) is 10.1. The van der Waals surface area contributed by atoms with E-state index in [4.69, 9.17) is 21.1 Å². The molecule has 0 aliphatic carbocycles. The number of carbonyl (C=O) groups is 1. The average Bonchev–Trinajstić information content (AvgIpc) is 2.84. The fourth-order valence-electron chi connectivity index (χ4n) is 2.01. The predicted molar refractivity (Wildman–Crippen MR) is 73.6 cm³/mol. The van der Waals surface area contributed by atoms with Crippen molar-refractivity contribution in [3.63, 3.8) is 0 Å². The van der Waals surface area contributed by atoms with Crippen LogP contribution in [0.4, 0.5) is 4.39 Å². The SMILES string of the molecule is O=C(O)c1cc(-c2cc3cccc(Cl)c3o2)ccc1F. The van der Waals surface area contributed by atoms with Crippen LogP contribution in [0.2, 0.25) is 5.02 Å². The molecular formula is C15H8ClFO3. The number of hydrogen-bond acceptors (Lipinski definition) is 2. The quantitative estimate of drug-likeness (QED) is 0.751. The lowest BCUT2D eigenvalue weighted by Crippen LogP contribution is -2.00. The minimum Gasteiger partial charge on any atom is -0.478 e. The van der Waals surface area contributed by atoms with Crippen molar-refractivity contribution in [2.75, 3.05) is 0 Å². The van der Waals surface area contributed by atoms with Crippen LogP contribution in [0.15, 0.2) is 46.9 Å². The molecule has 0 saturated heterocycles. The first-order valence-corrected chi connectivity index (χ1v) is 6.15. The van der Waals surface area contributed by atoms with E-state index in [1.54, 1.807) is 18.2 Å². The minimum atomic E-state index is -1.32. The van der Waals surface area contributed by atoms with Crippen molar-refractivity contribution in [3.8, 4) is 11.3 Å². The van der Waals surface area contributed by atoms with Crippen LogP contribution < -0.4 is 0 Å². The Morgan fingerprint density at radius 1 is 1.20 bits per heavy atom. The number of furan rings is 1. The normalized spacial score (nSPS) is 10.9. The van der Waals surface area contributed by atoms with E-state index < -0.39 is 17.3 Å². The molecule has 20 heavy (non-hydrogen) atoms. The van der Waals surface area contributed by atoms with Crippen LogP contribution in [0.3, 0.4) is 0 Å². The van der Waals surface area contributed by atoms with Crippen LogP contribution in [0.1, 0.15) is 10.4 Å². The third kappa shape index (κ3) is 2.04. The highest BCUT2D eigenvalue weighted by Crippen LogP contribution is 2.32. The van der Waals surface area contributed by atoms with Gasteiger partial charge in [-0.25, -0.2) is 9.18 Å². The Kier molecular flexibility index (Phi) is 2.95. The molecule has 5 heteroatoms. The zero-order valence-corrected chi connectivity index (χ0v) is 10.8. The van der Waals surface area contributed by atoms with Crippen molar-refractivity contribution < 1.29 is 18.7 Å². The monoisotopic (exact) mass is 290 g/mol. The third-order valence-electron chi connectivity index (χ3n) is 2.98. The van der Waals surface area contributed by atoms with Gasteiger partial charge in [0.05, 0.1) is 10.6 Å². The van der Waals surface area contributed by atoms with Crippen LogP contribution in [0.25, 0.3) is 22.3 Å². The molecule has 1 N–H and O–H groups in total. The van der Waals surface area contributed by atoms with Crippen molar-refractivity contribution in [2.45, 2.75) is 0 Å². The van der Waals surface area contributed by atoms with Gasteiger partial charge in [0.2, 0.25) is 0 Å². The second-order valence-corrected chi connectivity index (χ2v) is 4.68. The number of rotatable bonds is 2. The van der Waals surface area contributed by atoms with E-state index in [0.717, 1.165) is 11.5 Å². The molecular weight excluding hydrogens is 283 g/mol. The van der Waals surface area contributed by atoms with Crippen LogP contribution >= 0.6 is 11.6 Å². The Balaban J connectivity index is 2.18. The number of halogens is 2. The molecule has 3 aromatic rings. The highest BCUT2D eigenvalue weighted by molar-refractivity contribution is 6.34. The van der Waals surface area contributed by atoms with Gasteiger partial charge in [-0.15, -0.1) is 0 Å². The molecule has 1 aromatic heterocycles. The first kappa shape index (κ1) is 12.7. The van der Waals surface area contributed by atoms with Crippen LogP contribution in [0, 0.1) is 5.82 Å². The maximum Gasteiger partial charge on any atom is 0.338 e. The predicted octanol–water partition coefficient (Wildman–Crippen LogP) is 4.59. The van der Waals surface area contributed by atoms with Gasteiger partial charge in [0.15, 0.2) is 5.58 Å². The van der Waals surface area contributed by atoms with E-state index in [2.05, 4.69) is 0 Å². The molecule has 100 valence electrons. The summed E-state index contributed by atoms with van der Waals surface area (Å²) in [4.78, 5) is 10.9. The van der Waals surface area contributed by atoms with E-state index in [0.29, 0.717) is 21.9 Å². The number of para-hydroxylation sites is 1. The van der Waals surface area contributed by atoms with Crippen molar-refractivity contribution in [3.05, 3.63) is 58.9 Å². The maximum absolute atomic E-state index is 13.4. The summed E-state index contributed by atoms with van der Waals surface area (Å²) >= 11 is 6.02. The van der Waals surface area contributed by atoms with E-state index >= 15 is 0 Å². The molecule has 0 atom stereocenters. The van der Waals surface area contributed by atoms with Gasteiger partial charge in [-0.1, -0.05) is 23.7 Å². The molecule has 0 aliphatic rings. The standard InChI is InChI=1S/C15H8ClFO3/c16-11-3-1-2-9-7-13(20-14(9)11)8-4-5-12(17)10(6-8)15(18)19/h1-7H,(H,18,19). The smallest absolute Gasteiger partial charge is 0.338 e. The van der Waals surface area contributed by atoms with Gasteiger partial charge in [-0.3, -0.25) is 0 Å². The van der Waals surface area contributed by atoms with Gasteiger partial charge in [0.1, 0.15) is 11.6 Å². The maximum atomic E-state index is 13.4. The van der Waals surface area contributed by atoms with E-state index in [1.165, 1.54) is 12.1 Å². The molecule has 0 unspecified atom stereocenters. The second kappa shape index (κ2) is 4.65. The summed E-state index contributed by atoms with van der Waals surface area (Å²) in [6, 6.07) is 10.9. The van der Waals surface area contributed by atoms with Gasteiger partial charge in [-0.2, -0.15) is 0 Å². The Morgan fingerprint density at radius 3 is 2.70 bits per heavy atom. The fraction of sp³-hybridized carbons (Fsp3) is 0. The Morgan fingerprint density at radius 2 is 2.00 bits per heavy atom. The van der Waals surface area contributed by atoms with Crippen molar-refractivity contribution in [1.29, 1.82) is 0 Å². The summed E-state index contributed by atoms with van der Waals surface area (Å²) < 4.78 is 19.0. The second-order valence-electron chi connectivity index (χ2n) is 4.27. The Hall–Kier alpha value is -2.33. The Labute approximate surface area is 118 Å². The van der Waals surface area contributed by atoms with Gasteiger partial charge < -0.3 is 9.52 Å². The number of carboxylic acids is 1. The summed E-state index contributed by atoms with van der Waals surface area (Å²) in [6.07, 6.45) is 0. The number of benzene rings is 2. The molecule has 3 rings (SSSR count). The summed E-state index contributed by atoms with van der Waals surface area (Å²) in [7, 11) is 0. The summed E-state index contributed by atoms with van der Waals surface area (Å²) in [5.74, 6) is -1.66. The largest absolute Gasteiger partial charge is 0.478 e. The van der Waals surface area contributed by atoms with Gasteiger partial charge in [0, 0.05) is 10.9 Å². The molecule has 1 heterocycles. The molecule has 0 radical (unpaired) electrons. The average molecular weight is 291 g/mol. The van der Waals surface area contributed by atoms with Crippen LogP contribution in [0.5, 0.6) is 0 Å². The molecule has 0 fully saturated rings. The van der Waals surface area contributed by atoms with Crippen LogP contribution in [-0.2, 0) is 0 Å². The van der Waals surface area contributed by atoms with Gasteiger partial charge in [-0.05, 0) is 30.3 Å².